The van der Waals surface area contributed by atoms with Crippen molar-refractivity contribution in [2.24, 2.45) is 0 Å². The Hall–Kier alpha value is -2.11. The van der Waals surface area contributed by atoms with E-state index in [4.69, 9.17) is 4.42 Å². The smallest absolute Gasteiger partial charge is 0.256 e. The molecule has 2 N–H and O–H groups in total. The lowest BCUT2D eigenvalue weighted by Crippen LogP contribution is -2.57. The number of nitrogens with zero attached hydrogens (tertiary/aromatic N) is 1. The van der Waals surface area contributed by atoms with Gasteiger partial charge in [-0.1, -0.05) is 29.8 Å². The highest BCUT2D eigenvalue weighted by atomic mass is 16.3. The summed E-state index contributed by atoms with van der Waals surface area (Å²) in [4.78, 5) is 14.6. The quantitative estimate of drug-likeness (QED) is 0.847. The maximum atomic E-state index is 12.8. The average molecular weight is 342 g/mol. The number of aliphatic hydroxyl groups is 1. The van der Waals surface area contributed by atoms with Crippen molar-refractivity contribution in [3.05, 3.63) is 59.0 Å². The fourth-order valence-corrected chi connectivity index (χ4v) is 3.38. The molecule has 0 unspecified atom stereocenters. The number of benzene rings is 1. The fraction of sp³-hybridized carbons (Fsp3) is 0.450. The third-order valence-electron chi connectivity index (χ3n) is 4.67. The molecule has 5 heteroatoms. The molecule has 1 fully saturated rings. The Morgan fingerprint density at radius 1 is 1.28 bits per heavy atom. The third-order valence-corrected chi connectivity index (χ3v) is 4.67. The minimum absolute atomic E-state index is 0.191. The van der Waals surface area contributed by atoms with Crippen molar-refractivity contribution in [1.82, 2.24) is 10.2 Å². The third kappa shape index (κ3) is 4.30. The molecule has 134 valence electrons. The number of hydrogen-bond acceptors (Lipinski definition) is 4. The second-order valence-electron chi connectivity index (χ2n) is 6.97. The van der Waals surface area contributed by atoms with E-state index < -0.39 is 5.60 Å². The van der Waals surface area contributed by atoms with E-state index in [-0.39, 0.29) is 12.5 Å². The molecule has 2 aromatic rings. The van der Waals surface area contributed by atoms with E-state index in [1.165, 1.54) is 5.56 Å². The Labute approximate surface area is 148 Å². The summed E-state index contributed by atoms with van der Waals surface area (Å²) in [6.07, 6.45) is 1.29. The van der Waals surface area contributed by atoms with Crippen molar-refractivity contribution in [1.29, 1.82) is 0 Å². The van der Waals surface area contributed by atoms with Crippen molar-refractivity contribution in [3.8, 4) is 0 Å². The van der Waals surface area contributed by atoms with E-state index in [9.17, 15) is 9.90 Å². The van der Waals surface area contributed by atoms with Crippen molar-refractivity contribution >= 4 is 5.91 Å². The number of rotatable bonds is 6. The molecule has 2 heterocycles. The number of nitrogens with one attached hydrogen (secondary N) is 1. The normalized spacial score (nSPS) is 20.9. The van der Waals surface area contributed by atoms with Crippen LogP contribution in [0.1, 0.15) is 35.5 Å². The topological polar surface area (TPSA) is 65.7 Å². The first-order valence-corrected chi connectivity index (χ1v) is 8.80. The van der Waals surface area contributed by atoms with Crippen LogP contribution in [-0.2, 0) is 17.9 Å². The van der Waals surface area contributed by atoms with Gasteiger partial charge in [0.15, 0.2) is 5.60 Å². The van der Waals surface area contributed by atoms with Crippen molar-refractivity contribution in [3.63, 3.8) is 0 Å². The fourth-order valence-electron chi connectivity index (χ4n) is 3.38. The van der Waals surface area contributed by atoms with Crippen LogP contribution in [-0.4, -0.2) is 34.6 Å². The molecule has 1 aliphatic heterocycles. The van der Waals surface area contributed by atoms with Crippen molar-refractivity contribution in [2.45, 2.75) is 45.4 Å². The molecule has 25 heavy (non-hydrogen) atoms. The number of piperidine rings is 1. The van der Waals surface area contributed by atoms with Crippen LogP contribution >= 0.6 is 0 Å². The molecule has 0 aliphatic carbocycles. The number of likely N-dealkylation sites (tertiary alicyclic amines) is 1. The van der Waals surface area contributed by atoms with Crippen molar-refractivity contribution < 1.29 is 14.3 Å². The van der Waals surface area contributed by atoms with Gasteiger partial charge in [-0.25, -0.2) is 0 Å². The van der Waals surface area contributed by atoms with E-state index in [0.717, 1.165) is 23.5 Å². The average Bonchev–Trinajstić information content (AvgIpc) is 2.98. The molecule has 1 aliphatic rings. The molecule has 1 atom stereocenters. The second kappa shape index (κ2) is 7.42. The first-order valence-electron chi connectivity index (χ1n) is 8.80. The van der Waals surface area contributed by atoms with Gasteiger partial charge in [0, 0.05) is 19.6 Å². The molecule has 5 nitrogen and oxygen atoms in total. The molecular weight excluding hydrogens is 316 g/mol. The van der Waals surface area contributed by atoms with Gasteiger partial charge in [0.05, 0.1) is 6.54 Å². The number of carbonyl (C=O) groups is 1. The molecule has 0 spiro atoms. The van der Waals surface area contributed by atoms with Gasteiger partial charge in [-0.3, -0.25) is 4.79 Å². The van der Waals surface area contributed by atoms with Crippen LogP contribution in [0.25, 0.3) is 0 Å². The minimum Gasteiger partial charge on any atom is -0.465 e. The SMILES string of the molecule is Cc1cccc(CN2CCC[C@@](O)(CNCc3ccc(C)o3)C2=O)c1. The van der Waals surface area contributed by atoms with Gasteiger partial charge in [0.1, 0.15) is 11.5 Å². The monoisotopic (exact) mass is 342 g/mol. The summed E-state index contributed by atoms with van der Waals surface area (Å²) < 4.78 is 5.50. The number of aryl methyl sites for hydroxylation is 2. The highest BCUT2D eigenvalue weighted by Gasteiger charge is 2.41. The lowest BCUT2D eigenvalue weighted by atomic mass is 9.91. The predicted octanol–water partition coefficient (Wildman–Crippen LogP) is 2.54. The first kappa shape index (κ1) is 17.7. The van der Waals surface area contributed by atoms with Gasteiger partial charge in [-0.15, -0.1) is 0 Å². The zero-order chi connectivity index (χ0) is 17.9. The van der Waals surface area contributed by atoms with E-state index in [2.05, 4.69) is 11.4 Å². The molecule has 1 aromatic carbocycles. The number of carbonyl (C=O) groups excluding carboxylic acids is 1. The summed E-state index contributed by atoms with van der Waals surface area (Å²) in [7, 11) is 0. The maximum Gasteiger partial charge on any atom is 0.256 e. The highest BCUT2D eigenvalue weighted by Crippen LogP contribution is 2.24. The Balaban J connectivity index is 1.59. The molecular formula is C20H26N2O3. The second-order valence-corrected chi connectivity index (χ2v) is 6.97. The van der Waals surface area contributed by atoms with Crippen molar-refractivity contribution in [2.75, 3.05) is 13.1 Å². The van der Waals surface area contributed by atoms with Gasteiger partial charge in [0.25, 0.3) is 5.91 Å². The Morgan fingerprint density at radius 3 is 2.84 bits per heavy atom. The summed E-state index contributed by atoms with van der Waals surface area (Å²) in [5, 5.41) is 14.0. The van der Waals surface area contributed by atoms with Crippen LogP contribution < -0.4 is 5.32 Å². The van der Waals surface area contributed by atoms with E-state index in [1.807, 2.05) is 44.2 Å². The number of hydrogen-bond donors (Lipinski definition) is 2. The van der Waals surface area contributed by atoms with E-state index in [0.29, 0.717) is 26.1 Å². The molecule has 0 saturated carbocycles. The van der Waals surface area contributed by atoms with Crippen LogP contribution in [0.3, 0.4) is 0 Å². The van der Waals surface area contributed by atoms with E-state index >= 15 is 0 Å². The molecule has 0 radical (unpaired) electrons. The van der Waals surface area contributed by atoms with Gasteiger partial charge in [-0.2, -0.15) is 0 Å². The summed E-state index contributed by atoms with van der Waals surface area (Å²) in [6, 6.07) is 11.9. The zero-order valence-corrected chi connectivity index (χ0v) is 14.9. The Kier molecular flexibility index (Phi) is 5.25. The maximum absolute atomic E-state index is 12.8. The Bertz CT molecular complexity index is 740. The lowest BCUT2D eigenvalue weighted by molar-refractivity contribution is -0.157. The summed E-state index contributed by atoms with van der Waals surface area (Å²) in [6.45, 7) is 5.90. The predicted molar refractivity (Wildman–Crippen MR) is 95.9 cm³/mol. The molecule has 1 aromatic heterocycles. The number of amides is 1. The molecule has 0 bridgehead atoms. The lowest BCUT2D eigenvalue weighted by Gasteiger charge is -2.38. The minimum atomic E-state index is -1.34. The number of furan rings is 1. The van der Waals surface area contributed by atoms with Gasteiger partial charge in [-0.05, 0) is 44.4 Å². The van der Waals surface area contributed by atoms with Crippen LogP contribution in [0.5, 0.6) is 0 Å². The van der Waals surface area contributed by atoms with Crippen LogP contribution in [0.2, 0.25) is 0 Å². The Morgan fingerprint density at radius 2 is 2.12 bits per heavy atom. The summed E-state index contributed by atoms with van der Waals surface area (Å²) >= 11 is 0. The van der Waals surface area contributed by atoms with Crippen LogP contribution in [0.4, 0.5) is 0 Å². The van der Waals surface area contributed by atoms with E-state index in [1.54, 1.807) is 4.90 Å². The molecule has 3 rings (SSSR count). The summed E-state index contributed by atoms with van der Waals surface area (Å²) in [5.41, 5.74) is 0.924. The molecule has 1 amide bonds. The largest absolute Gasteiger partial charge is 0.465 e. The highest BCUT2D eigenvalue weighted by molar-refractivity contribution is 5.86. The van der Waals surface area contributed by atoms with Crippen LogP contribution in [0, 0.1) is 13.8 Å². The standard InChI is InChI=1S/C20H26N2O3/c1-15-5-3-6-17(11-15)13-22-10-4-9-20(24,19(22)23)14-21-12-18-8-7-16(2)25-18/h3,5-8,11,21,24H,4,9-10,12-14H2,1-2H3/t20-/m1/s1. The molecule has 1 saturated heterocycles. The summed E-state index contributed by atoms with van der Waals surface area (Å²) in [5.74, 6) is 1.47. The van der Waals surface area contributed by atoms with Gasteiger partial charge >= 0.3 is 0 Å². The zero-order valence-electron chi connectivity index (χ0n) is 14.9. The van der Waals surface area contributed by atoms with Gasteiger partial charge in [0.2, 0.25) is 0 Å². The first-order chi connectivity index (χ1) is 12.0. The van der Waals surface area contributed by atoms with Crippen LogP contribution in [0.15, 0.2) is 40.8 Å². The van der Waals surface area contributed by atoms with Gasteiger partial charge < -0.3 is 19.7 Å².